The van der Waals surface area contributed by atoms with Gasteiger partial charge < -0.3 is 10.0 Å². The van der Waals surface area contributed by atoms with Crippen molar-refractivity contribution < 1.29 is 23.1 Å². The molecule has 3 nitrogen and oxygen atoms in total. The fourth-order valence-electron chi connectivity index (χ4n) is 2.03. The lowest BCUT2D eigenvalue weighted by molar-refractivity contribution is -0.137. The lowest BCUT2D eigenvalue weighted by Gasteiger charge is -2.21. The molecule has 1 aliphatic heterocycles. The fourth-order valence-corrected chi connectivity index (χ4v) is 2.03. The van der Waals surface area contributed by atoms with Crippen LogP contribution in [0.3, 0.4) is 0 Å². The van der Waals surface area contributed by atoms with Crippen molar-refractivity contribution in [2.75, 3.05) is 11.4 Å². The molecule has 0 aromatic heterocycles. The number of carbonyl (C=O) groups excluding carboxylic acids is 1. The molecule has 1 aliphatic rings. The molecule has 1 aromatic rings. The van der Waals surface area contributed by atoms with Gasteiger partial charge in [-0.1, -0.05) is 6.07 Å². The Balaban J connectivity index is 2.49. The number of halogens is 3. The van der Waals surface area contributed by atoms with Gasteiger partial charge in [-0.2, -0.15) is 13.2 Å². The maximum absolute atomic E-state index is 12.9. The van der Waals surface area contributed by atoms with Crippen LogP contribution in [0.4, 0.5) is 18.9 Å². The van der Waals surface area contributed by atoms with Crippen LogP contribution in [0.2, 0.25) is 0 Å². The molecule has 0 aliphatic carbocycles. The molecule has 98 valence electrons. The Morgan fingerprint density at radius 2 is 2.06 bits per heavy atom. The SMILES string of the molecule is Cc1ccc(C(F)(F)F)c(N2CC(O)CC2=O)c1. The molecule has 0 saturated carbocycles. The number of hydrogen-bond acceptors (Lipinski definition) is 2. The van der Waals surface area contributed by atoms with E-state index in [0.29, 0.717) is 5.56 Å². The summed E-state index contributed by atoms with van der Waals surface area (Å²) >= 11 is 0. The molecular weight excluding hydrogens is 247 g/mol. The molecule has 1 heterocycles. The summed E-state index contributed by atoms with van der Waals surface area (Å²) in [5.74, 6) is -0.487. The highest BCUT2D eigenvalue weighted by Gasteiger charge is 2.38. The van der Waals surface area contributed by atoms with Gasteiger partial charge in [0.25, 0.3) is 0 Å². The Hall–Kier alpha value is -1.56. The molecule has 1 amide bonds. The van der Waals surface area contributed by atoms with Crippen LogP contribution in [0.1, 0.15) is 17.5 Å². The van der Waals surface area contributed by atoms with Crippen LogP contribution in [-0.2, 0) is 11.0 Å². The summed E-state index contributed by atoms with van der Waals surface area (Å²) in [7, 11) is 0. The van der Waals surface area contributed by atoms with E-state index in [1.807, 2.05) is 0 Å². The summed E-state index contributed by atoms with van der Waals surface area (Å²) in [6.45, 7) is 1.56. The van der Waals surface area contributed by atoms with E-state index < -0.39 is 23.8 Å². The van der Waals surface area contributed by atoms with Gasteiger partial charge in [0.1, 0.15) is 0 Å². The molecule has 1 fully saturated rings. The maximum atomic E-state index is 12.9. The Morgan fingerprint density at radius 3 is 2.56 bits per heavy atom. The number of anilines is 1. The molecule has 0 bridgehead atoms. The molecule has 2 rings (SSSR count). The highest BCUT2D eigenvalue weighted by molar-refractivity contribution is 5.97. The highest BCUT2D eigenvalue weighted by atomic mass is 19.4. The Kier molecular flexibility index (Phi) is 3.06. The number of rotatable bonds is 1. The summed E-state index contributed by atoms with van der Waals surface area (Å²) < 4.78 is 38.6. The van der Waals surface area contributed by atoms with Gasteiger partial charge in [0.15, 0.2) is 0 Å². The first-order chi connectivity index (χ1) is 8.29. The Bertz CT molecular complexity index is 485. The first-order valence-electron chi connectivity index (χ1n) is 5.45. The van der Waals surface area contributed by atoms with Crippen molar-refractivity contribution in [1.82, 2.24) is 0 Å². The third-order valence-corrected chi connectivity index (χ3v) is 2.85. The summed E-state index contributed by atoms with van der Waals surface area (Å²) in [5.41, 5.74) is -0.396. The third-order valence-electron chi connectivity index (χ3n) is 2.85. The van der Waals surface area contributed by atoms with Crippen molar-refractivity contribution in [2.24, 2.45) is 0 Å². The first kappa shape index (κ1) is 12.9. The smallest absolute Gasteiger partial charge is 0.391 e. The second-order valence-corrected chi connectivity index (χ2v) is 4.38. The summed E-state index contributed by atoms with van der Waals surface area (Å²) in [6, 6.07) is 3.63. The van der Waals surface area contributed by atoms with E-state index in [-0.39, 0.29) is 18.7 Å². The number of hydrogen-bond donors (Lipinski definition) is 1. The number of amides is 1. The van der Waals surface area contributed by atoms with Crippen molar-refractivity contribution in [2.45, 2.75) is 25.6 Å². The van der Waals surface area contributed by atoms with Crippen molar-refractivity contribution in [3.63, 3.8) is 0 Å². The number of aryl methyl sites for hydroxylation is 1. The molecule has 0 radical (unpaired) electrons. The maximum Gasteiger partial charge on any atom is 0.418 e. The van der Waals surface area contributed by atoms with E-state index in [1.165, 1.54) is 12.1 Å². The third kappa shape index (κ3) is 2.33. The second kappa shape index (κ2) is 4.28. The van der Waals surface area contributed by atoms with Crippen LogP contribution in [0, 0.1) is 6.92 Å². The molecular formula is C12H12F3NO2. The molecule has 6 heteroatoms. The standard InChI is InChI=1S/C12H12F3NO2/c1-7-2-3-9(12(13,14)15)10(4-7)16-6-8(17)5-11(16)18/h2-4,8,17H,5-6H2,1H3. The first-order valence-corrected chi connectivity index (χ1v) is 5.45. The van der Waals surface area contributed by atoms with E-state index in [9.17, 15) is 23.1 Å². The zero-order chi connectivity index (χ0) is 13.5. The summed E-state index contributed by atoms with van der Waals surface area (Å²) in [4.78, 5) is 12.6. The average Bonchev–Trinajstić information content (AvgIpc) is 2.55. The second-order valence-electron chi connectivity index (χ2n) is 4.38. The van der Waals surface area contributed by atoms with Gasteiger partial charge in [-0.3, -0.25) is 4.79 Å². The van der Waals surface area contributed by atoms with Crippen molar-refractivity contribution in [3.05, 3.63) is 29.3 Å². The quantitative estimate of drug-likeness (QED) is 0.839. The predicted molar refractivity (Wildman–Crippen MR) is 59.2 cm³/mol. The Labute approximate surface area is 102 Å². The van der Waals surface area contributed by atoms with Crippen LogP contribution >= 0.6 is 0 Å². The number of alkyl halides is 3. The molecule has 0 spiro atoms. The van der Waals surface area contributed by atoms with Crippen LogP contribution < -0.4 is 4.90 Å². The van der Waals surface area contributed by atoms with E-state index >= 15 is 0 Å². The molecule has 1 unspecified atom stereocenters. The van der Waals surface area contributed by atoms with E-state index in [2.05, 4.69) is 0 Å². The van der Waals surface area contributed by atoms with Gasteiger partial charge in [0.2, 0.25) is 5.91 Å². The van der Waals surface area contributed by atoms with Crippen LogP contribution in [0.15, 0.2) is 18.2 Å². The number of benzene rings is 1. The number of β-amino-alcohol motifs (C(OH)–C–C–N with tert-alkyl or cyclic N) is 1. The van der Waals surface area contributed by atoms with Crippen LogP contribution in [0.25, 0.3) is 0 Å². The van der Waals surface area contributed by atoms with Crippen molar-refractivity contribution in [3.8, 4) is 0 Å². The summed E-state index contributed by atoms with van der Waals surface area (Å²) in [5, 5.41) is 9.35. The molecule has 1 saturated heterocycles. The van der Waals surface area contributed by atoms with Crippen molar-refractivity contribution >= 4 is 11.6 Å². The Morgan fingerprint density at radius 1 is 1.39 bits per heavy atom. The average molecular weight is 259 g/mol. The minimum atomic E-state index is -4.52. The van der Waals surface area contributed by atoms with Gasteiger partial charge in [-0.25, -0.2) is 0 Å². The molecule has 1 aromatic carbocycles. The summed E-state index contributed by atoms with van der Waals surface area (Å²) in [6.07, 6.45) is -5.55. The van der Waals surface area contributed by atoms with Crippen LogP contribution in [-0.4, -0.2) is 23.7 Å². The van der Waals surface area contributed by atoms with Gasteiger partial charge >= 0.3 is 6.18 Å². The normalized spacial score (nSPS) is 20.6. The minimum absolute atomic E-state index is 0.0919. The number of aliphatic hydroxyl groups excluding tert-OH is 1. The van der Waals surface area contributed by atoms with Crippen LogP contribution in [0.5, 0.6) is 0 Å². The van der Waals surface area contributed by atoms with Gasteiger partial charge in [-0.05, 0) is 24.6 Å². The minimum Gasteiger partial charge on any atom is -0.391 e. The van der Waals surface area contributed by atoms with Gasteiger partial charge in [0, 0.05) is 0 Å². The topological polar surface area (TPSA) is 40.5 Å². The van der Waals surface area contributed by atoms with E-state index in [0.717, 1.165) is 11.0 Å². The lowest BCUT2D eigenvalue weighted by Crippen LogP contribution is -2.28. The van der Waals surface area contributed by atoms with E-state index in [4.69, 9.17) is 0 Å². The number of nitrogens with zero attached hydrogens (tertiary/aromatic N) is 1. The van der Waals surface area contributed by atoms with Gasteiger partial charge in [-0.15, -0.1) is 0 Å². The number of aliphatic hydroxyl groups is 1. The predicted octanol–water partition coefficient (Wildman–Crippen LogP) is 2.11. The van der Waals surface area contributed by atoms with E-state index in [1.54, 1.807) is 6.92 Å². The largest absolute Gasteiger partial charge is 0.418 e. The number of carbonyl (C=O) groups is 1. The zero-order valence-corrected chi connectivity index (χ0v) is 9.66. The highest BCUT2D eigenvalue weighted by Crippen LogP contribution is 2.38. The monoisotopic (exact) mass is 259 g/mol. The zero-order valence-electron chi connectivity index (χ0n) is 9.66. The van der Waals surface area contributed by atoms with Gasteiger partial charge in [0.05, 0.1) is 30.3 Å². The molecule has 1 N–H and O–H groups in total. The van der Waals surface area contributed by atoms with Crippen molar-refractivity contribution in [1.29, 1.82) is 0 Å². The lowest BCUT2D eigenvalue weighted by atomic mass is 10.1. The molecule has 1 atom stereocenters. The fraction of sp³-hybridized carbons (Fsp3) is 0.417. The molecule has 18 heavy (non-hydrogen) atoms.